The summed E-state index contributed by atoms with van der Waals surface area (Å²) >= 11 is 0. The van der Waals surface area contributed by atoms with E-state index in [1.54, 1.807) is 6.07 Å². The van der Waals surface area contributed by atoms with E-state index in [1.165, 1.54) is 6.07 Å². The number of nitrogens with zero attached hydrogens (tertiary/aromatic N) is 1. The lowest BCUT2D eigenvalue weighted by atomic mass is 9.82. The second-order valence-electron chi connectivity index (χ2n) is 6.93. The zero-order valence-corrected chi connectivity index (χ0v) is 13.7. The fourth-order valence-electron chi connectivity index (χ4n) is 2.73. The highest BCUT2D eigenvalue weighted by Crippen LogP contribution is 2.34. The molecule has 0 saturated heterocycles. The summed E-state index contributed by atoms with van der Waals surface area (Å²) in [7, 11) is 0. The first-order valence-electron chi connectivity index (χ1n) is 7.40. The molecule has 21 heavy (non-hydrogen) atoms. The Morgan fingerprint density at radius 3 is 2.52 bits per heavy atom. The summed E-state index contributed by atoms with van der Waals surface area (Å²) in [5.41, 5.74) is 6.52. The van der Waals surface area contributed by atoms with Gasteiger partial charge in [-0.05, 0) is 36.3 Å². The van der Waals surface area contributed by atoms with Crippen LogP contribution in [0.4, 0.5) is 0 Å². The molecule has 0 aliphatic heterocycles. The molecule has 1 aromatic heterocycles. The zero-order chi connectivity index (χ0) is 16.2. The Morgan fingerprint density at radius 2 is 2.00 bits per heavy atom. The largest absolute Gasteiger partial charge is 0.425 e. The van der Waals surface area contributed by atoms with E-state index in [9.17, 15) is 10.0 Å². The molecule has 5 heteroatoms. The molecule has 0 bridgehead atoms. The third-order valence-electron chi connectivity index (χ3n) is 3.34. The number of nitrogens with two attached hydrogens (primary N) is 1. The summed E-state index contributed by atoms with van der Waals surface area (Å²) in [6.07, 6.45) is 0.551. The van der Waals surface area contributed by atoms with Crippen molar-refractivity contribution in [3.63, 3.8) is 0 Å². The van der Waals surface area contributed by atoms with Gasteiger partial charge in [-0.15, -0.1) is 4.73 Å². The van der Waals surface area contributed by atoms with Crippen LogP contribution in [0.2, 0.25) is 0 Å². The zero-order valence-electron chi connectivity index (χ0n) is 13.7. The SMILES string of the molecule is Cc1cc(C(OCCN)C(C)CC(C)(C)C)n(O)c(=O)c1. The topological polar surface area (TPSA) is 77.5 Å². The number of pyridine rings is 1. The van der Waals surface area contributed by atoms with E-state index >= 15 is 0 Å². The molecule has 5 nitrogen and oxygen atoms in total. The van der Waals surface area contributed by atoms with Gasteiger partial charge in [0.25, 0.3) is 5.56 Å². The standard InChI is InChI=1S/C16H28N2O3/c1-11-8-13(18(20)14(19)9-11)15(21-7-6-17)12(2)10-16(3,4)5/h8-9,12,15,20H,6-7,10,17H2,1-5H3. The fourth-order valence-corrected chi connectivity index (χ4v) is 2.73. The summed E-state index contributed by atoms with van der Waals surface area (Å²) in [6.45, 7) is 11.2. The van der Waals surface area contributed by atoms with Crippen molar-refractivity contribution >= 4 is 0 Å². The van der Waals surface area contributed by atoms with Crippen LogP contribution < -0.4 is 11.3 Å². The van der Waals surface area contributed by atoms with Crippen molar-refractivity contribution in [1.82, 2.24) is 4.73 Å². The van der Waals surface area contributed by atoms with Crippen LogP contribution in [0.5, 0.6) is 0 Å². The Morgan fingerprint density at radius 1 is 1.38 bits per heavy atom. The van der Waals surface area contributed by atoms with Crippen LogP contribution in [-0.4, -0.2) is 23.1 Å². The lowest BCUT2D eigenvalue weighted by Crippen LogP contribution is -2.29. The number of aryl methyl sites for hydroxylation is 1. The van der Waals surface area contributed by atoms with Gasteiger partial charge in [0, 0.05) is 12.6 Å². The third kappa shape index (κ3) is 5.17. The van der Waals surface area contributed by atoms with Gasteiger partial charge in [0.15, 0.2) is 0 Å². The van der Waals surface area contributed by atoms with Gasteiger partial charge in [0.1, 0.15) is 6.10 Å². The van der Waals surface area contributed by atoms with Crippen molar-refractivity contribution in [1.29, 1.82) is 0 Å². The van der Waals surface area contributed by atoms with E-state index in [0.29, 0.717) is 23.6 Å². The molecule has 120 valence electrons. The fraction of sp³-hybridized carbons (Fsp3) is 0.688. The van der Waals surface area contributed by atoms with E-state index in [-0.39, 0.29) is 17.4 Å². The normalized spacial score (nSPS) is 15.0. The third-order valence-corrected chi connectivity index (χ3v) is 3.34. The molecule has 0 aromatic carbocycles. The van der Waals surface area contributed by atoms with E-state index in [4.69, 9.17) is 10.5 Å². The molecule has 2 unspecified atom stereocenters. The Labute approximate surface area is 126 Å². The average molecular weight is 296 g/mol. The second-order valence-corrected chi connectivity index (χ2v) is 6.93. The number of hydrogen-bond acceptors (Lipinski definition) is 4. The average Bonchev–Trinajstić information content (AvgIpc) is 2.33. The Bertz CT molecular complexity index is 517. The molecule has 2 atom stereocenters. The molecule has 1 heterocycles. The van der Waals surface area contributed by atoms with Crippen molar-refractivity contribution in [2.75, 3.05) is 13.2 Å². The number of ether oxygens (including phenoxy) is 1. The molecule has 0 aliphatic carbocycles. The lowest BCUT2D eigenvalue weighted by molar-refractivity contribution is -0.00986. The number of hydrogen-bond donors (Lipinski definition) is 2. The van der Waals surface area contributed by atoms with Crippen LogP contribution in [0.15, 0.2) is 16.9 Å². The minimum absolute atomic E-state index is 0.133. The number of aromatic nitrogens is 1. The summed E-state index contributed by atoms with van der Waals surface area (Å²) in [5, 5.41) is 10.0. The van der Waals surface area contributed by atoms with Crippen molar-refractivity contribution in [2.24, 2.45) is 17.1 Å². The molecule has 0 aliphatic rings. The number of rotatable bonds is 6. The monoisotopic (exact) mass is 296 g/mol. The van der Waals surface area contributed by atoms with E-state index in [2.05, 4.69) is 27.7 Å². The van der Waals surface area contributed by atoms with Crippen LogP contribution in [0.3, 0.4) is 0 Å². The molecular formula is C16H28N2O3. The Hall–Kier alpha value is -1.33. The lowest BCUT2D eigenvalue weighted by Gasteiger charge is -2.30. The van der Waals surface area contributed by atoms with Crippen molar-refractivity contribution in [3.05, 3.63) is 33.7 Å². The molecule has 0 spiro atoms. The smallest absolute Gasteiger partial charge is 0.283 e. The summed E-state index contributed by atoms with van der Waals surface area (Å²) in [6, 6.07) is 3.19. The molecule has 0 amide bonds. The maximum absolute atomic E-state index is 11.8. The molecule has 3 N–H and O–H groups in total. The summed E-state index contributed by atoms with van der Waals surface area (Å²) < 4.78 is 6.52. The van der Waals surface area contributed by atoms with Crippen LogP contribution in [0, 0.1) is 18.3 Å². The predicted octanol–water partition coefficient (Wildman–Crippen LogP) is 2.48. The first-order valence-corrected chi connectivity index (χ1v) is 7.40. The minimum atomic E-state index is -0.436. The molecule has 0 radical (unpaired) electrons. The molecule has 1 aromatic rings. The van der Waals surface area contributed by atoms with Gasteiger partial charge in [0.05, 0.1) is 12.3 Å². The molecular weight excluding hydrogens is 268 g/mol. The maximum Gasteiger partial charge on any atom is 0.283 e. The van der Waals surface area contributed by atoms with E-state index < -0.39 is 5.56 Å². The molecule has 0 saturated carbocycles. The van der Waals surface area contributed by atoms with Gasteiger partial charge in [-0.25, -0.2) is 0 Å². The highest BCUT2D eigenvalue weighted by molar-refractivity contribution is 5.18. The summed E-state index contributed by atoms with van der Waals surface area (Å²) in [5.74, 6) is 0.149. The highest BCUT2D eigenvalue weighted by Gasteiger charge is 2.27. The maximum atomic E-state index is 11.8. The first-order chi connectivity index (χ1) is 9.65. The quantitative estimate of drug-likeness (QED) is 0.791. The van der Waals surface area contributed by atoms with Gasteiger partial charge < -0.3 is 15.7 Å². The molecule has 0 fully saturated rings. The van der Waals surface area contributed by atoms with Gasteiger partial charge in [-0.2, -0.15) is 0 Å². The van der Waals surface area contributed by atoms with Crippen LogP contribution in [-0.2, 0) is 4.74 Å². The minimum Gasteiger partial charge on any atom is -0.425 e. The Kier molecular flexibility index (Phi) is 5.98. The highest BCUT2D eigenvalue weighted by atomic mass is 16.5. The van der Waals surface area contributed by atoms with Crippen molar-refractivity contribution in [3.8, 4) is 0 Å². The van der Waals surface area contributed by atoms with Crippen LogP contribution in [0.25, 0.3) is 0 Å². The van der Waals surface area contributed by atoms with E-state index in [1.807, 2.05) is 6.92 Å². The Balaban J connectivity index is 3.16. The van der Waals surface area contributed by atoms with Crippen LogP contribution >= 0.6 is 0 Å². The van der Waals surface area contributed by atoms with Crippen LogP contribution in [0.1, 0.15) is 51.5 Å². The summed E-state index contributed by atoms with van der Waals surface area (Å²) in [4.78, 5) is 11.8. The van der Waals surface area contributed by atoms with Gasteiger partial charge >= 0.3 is 0 Å². The van der Waals surface area contributed by atoms with Gasteiger partial charge in [-0.1, -0.05) is 27.7 Å². The second kappa shape index (κ2) is 7.09. The predicted molar refractivity (Wildman–Crippen MR) is 83.6 cm³/mol. The van der Waals surface area contributed by atoms with E-state index in [0.717, 1.165) is 12.0 Å². The van der Waals surface area contributed by atoms with Crippen molar-refractivity contribution < 1.29 is 9.94 Å². The first kappa shape index (κ1) is 17.7. The van der Waals surface area contributed by atoms with Crippen molar-refractivity contribution in [2.45, 2.75) is 47.1 Å². The van der Waals surface area contributed by atoms with Gasteiger partial charge in [0.2, 0.25) is 0 Å². The molecule has 1 rings (SSSR count). The van der Waals surface area contributed by atoms with Gasteiger partial charge in [-0.3, -0.25) is 4.79 Å².